The number of morpholine rings is 1. The van der Waals surface area contributed by atoms with Crippen molar-refractivity contribution in [2.45, 2.75) is 18.6 Å². The number of ether oxygens (including phenoxy) is 2. The maximum atomic E-state index is 12.3. The van der Waals surface area contributed by atoms with Crippen molar-refractivity contribution >= 4 is 40.8 Å². The summed E-state index contributed by atoms with van der Waals surface area (Å²) in [5.41, 5.74) is 0.834. The highest BCUT2D eigenvalue weighted by molar-refractivity contribution is 7.17. The Morgan fingerprint density at radius 2 is 2.21 bits per heavy atom. The van der Waals surface area contributed by atoms with Gasteiger partial charge in [0, 0.05) is 12.2 Å². The number of carbonyl (C=O) groups excluding carboxylic acids is 3. The Morgan fingerprint density at radius 1 is 1.34 bits per heavy atom. The van der Waals surface area contributed by atoms with E-state index in [0.717, 1.165) is 5.70 Å². The summed E-state index contributed by atoms with van der Waals surface area (Å²) in [5, 5.41) is 2.78. The second kappa shape index (κ2) is 8.56. The van der Waals surface area contributed by atoms with Crippen LogP contribution in [0.2, 0.25) is 4.34 Å². The summed E-state index contributed by atoms with van der Waals surface area (Å²) in [6, 6.07) is 3.19. The van der Waals surface area contributed by atoms with Crippen LogP contribution in [0.1, 0.15) is 16.1 Å². The maximum Gasteiger partial charge on any atom is 0.410 e. The number of hydrogen-bond acceptors (Lipinski definition) is 6. The molecule has 1 aromatic rings. The Morgan fingerprint density at radius 3 is 2.90 bits per heavy atom. The summed E-state index contributed by atoms with van der Waals surface area (Å²) in [4.78, 5) is 40.2. The van der Waals surface area contributed by atoms with Crippen LogP contribution in [0.5, 0.6) is 0 Å². The molecule has 154 valence electrons. The average molecular weight is 438 g/mol. The molecule has 2 fully saturated rings. The summed E-state index contributed by atoms with van der Waals surface area (Å²) in [5.74, 6) is -0.300. The summed E-state index contributed by atoms with van der Waals surface area (Å²) >= 11 is 7.05. The van der Waals surface area contributed by atoms with Crippen LogP contribution in [-0.2, 0) is 14.3 Å². The van der Waals surface area contributed by atoms with E-state index in [1.165, 1.54) is 11.3 Å². The van der Waals surface area contributed by atoms with Crippen LogP contribution in [0.3, 0.4) is 0 Å². The standard InChI is InChI=1S/C19H20ClN3O5S/c20-16-6-5-15(29-16)18(25)21-9-14-10-23(19(26)28-14)13-3-1-12(2-4-13)22-7-8-27-11-17(22)24/h1-3,5-6,13-14H,4,7-11H2,(H,21,25)/t13?,14-/m0/s1. The van der Waals surface area contributed by atoms with E-state index < -0.39 is 12.2 Å². The van der Waals surface area contributed by atoms with Gasteiger partial charge < -0.3 is 19.7 Å². The third-order valence-corrected chi connectivity index (χ3v) is 6.17. The van der Waals surface area contributed by atoms with Crippen molar-refractivity contribution in [2.75, 3.05) is 32.8 Å². The van der Waals surface area contributed by atoms with Crippen LogP contribution in [0.15, 0.2) is 36.1 Å². The molecule has 0 radical (unpaired) electrons. The topological polar surface area (TPSA) is 88.2 Å². The van der Waals surface area contributed by atoms with E-state index >= 15 is 0 Å². The summed E-state index contributed by atoms with van der Waals surface area (Å²) < 4.78 is 11.1. The van der Waals surface area contributed by atoms with Gasteiger partial charge in [0.25, 0.3) is 11.8 Å². The number of hydrogen-bond donors (Lipinski definition) is 1. The molecule has 2 saturated heterocycles. The number of cyclic esters (lactones) is 1. The molecular weight excluding hydrogens is 418 g/mol. The second-order valence-corrected chi connectivity index (χ2v) is 8.58. The van der Waals surface area contributed by atoms with Crippen molar-refractivity contribution in [1.82, 2.24) is 15.1 Å². The molecule has 2 aliphatic heterocycles. The molecule has 10 heteroatoms. The summed E-state index contributed by atoms with van der Waals surface area (Å²) in [6.07, 6.45) is 5.50. The maximum absolute atomic E-state index is 12.3. The van der Waals surface area contributed by atoms with Crippen molar-refractivity contribution in [2.24, 2.45) is 0 Å². The molecule has 1 unspecified atom stereocenters. The first kappa shape index (κ1) is 19.9. The van der Waals surface area contributed by atoms with Crippen molar-refractivity contribution in [3.8, 4) is 0 Å². The number of nitrogens with one attached hydrogen (secondary N) is 1. The van der Waals surface area contributed by atoms with E-state index in [0.29, 0.717) is 35.3 Å². The lowest BCUT2D eigenvalue weighted by molar-refractivity contribution is -0.139. The number of thiophene rings is 1. The molecule has 0 bridgehead atoms. The van der Waals surface area contributed by atoms with Crippen LogP contribution in [0, 0.1) is 0 Å². The summed E-state index contributed by atoms with van der Waals surface area (Å²) in [6.45, 7) is 1.76. The number of amides is 3. The normalized spacial score (nSPS) is 24.5. The van der Waals surface area contributed by atoms with Crippen LogP contribution in [0.4, 0.5) is 4.79 Å². The minimum absolute atomic E-state index is 0.0611. The van der Waals surface area contributed by atoms with Crippen LogP contribution in [0.25, 0.3) is 0 Å². The Kier molecular flexibility index (Phi) is 5.89. The number of rotatable bonds is 5. The molecule has 3 aliphatic rings. The van der Waals surface area contributed by atoms with Crippen LogP contribution >= 0.6 is 22.9 Å². The zero-order valence-corrected chi connectivity index (χ0v) is 17.1. The van der Waals surface area contributed by atoms with Gasteiger partial charge in [0.1, 0.15) is 12.7 Å². The lowest BCUT2D eigenvalue weighted by Gasteiger charge is -2.31. The molecule has 2 atom stereocenters. The molecular formula is C19H20ClN3O5S. The van der Waals surface area contributed by atoms with Gasteiger partial charge in [-0.1, -0.05) is 23.8 Å². The molecule has 29 heavy (non-hydrogen) atoms. The fourth-order valence-corrected chi connectivity index (χ4v) is 4.43. The molecule has 3 amide bonds. The van der Waals surface area contributed by atoms with Gasteiger partial charge in [0.15, 0.2) is 0 Å². The Balaban J connectivity index is 1.29. The van der Waals surface area contributed by atoms with E-state index in [9.17, 15) is 14.4 Å². The number of allylic oxidation sites excluding steroid dienone is 1. The van der Waals surface area contributed by atoms with Crippen LogP contribution in [-0.4, -0.2) is 72.7 Å². The molecule has 3 heterocycles. The highest BCUT2D eigenvalue weighted by Gasteiger charge is 2.36. The van der Waals surface area contributed by atoms with E-state index in [4.69, 9.17) is 21.1 Å². The van der Waals surface area contributed by atoms with Gasteiger partial charge in [-0.05, 0) is 24.6 Å². The molecule has 0 spiro atoms. The Bertz CT molecular complexity index is 883. The largest absolute Gasteiger partial charge is 0.442 e. The molecule has 1 aromatic heterocycles. The fraction of sp³-hybridized carbons (Fsp3) is 0.421. The fourth-order valence-electron chi connectivity index (χ4n) is 3.47. The molecule has 8 nitrogen and oxygen atoms in total. The smallest absolute Gasteiger partial charge is 0.410 e. The molecule has 0 saturated carbocycles. The average Bonchev–Trinajstić information content (AvgIpc) is 3.32. The van der Waals surface area contributed by atoms with Gasteiger partial charge in [0.05, 0.1) is 35.0 Å². The zero-order chi connectivity index (χ0) is 20.4. The molecule has 1 aliphatic carbocycles. The minimum Gasteiger partial charge on any atom is -0.442 e. The van der Waals surface area contributed by atoms with Gasteiger partial charge >= 0.3 is 6.09 Å². The first-order chi connectivity index (χ1) is 14.0. The van der Waals surface area contributed by atoms with Crippen molar-refractivity contribution < 1.29 is 23.9 Å². The third kappa shape index (κ3) is 4.47. The second-order valence-electron chi connectivity index (χ2n) is 6.86. The predicted octanol–water partition coefficient (Wildman–Crippen LogP) is 2.02. The van der Waals surface area contributed by atoms with Crippen LogP contribution < -0.4 is 5.32 Å². The minimum atomic E-state index is -0.415. The number of halogens is 1. The van der Waals surface area contributed by atoms with Gasteiger partial charge in [0.2, 0.25) is 0 Å². The molecule has 0 aromatic carbocycles. The van der Waals surface area contributed by atoms with E-state index in [-0.39, 0.29) is 31.0 Å². The highest BCUT2D eigenvalue weighted by Crippen LogP contribution is 2.24. The van der Waals surface area contributed by atoms with Gasteiger partial charge in [-0.3, -0.25) is 14.5 Å². The lowest BCUT2D eigenvalue weighted by atomic mass is 10.0. The first-order valence-corrected chi connectivity index (χ1v) is 10.5. The number of carbonyl (C=O) groups is 3. The van der Waals surface area contributed by atoms with E-state index in [2.05, 4.69) is 5.32 Å². The molecule has 4 rings (SSSR count). The quantitative estimate of drug-likeness (QED) is 0.761. The lowest BCUT2D eigenvalue weighted by Crippen LogP contribution is -2.42. The van der Waals surface area contributed by atoms with Crippen molar-refractivity contribution in [3.05, 3.63) is 45.3 Å². The Hall–Kier alpha value is -2.36. The summed E-state index contributed by atoms with van der Waals surface area (Å²) in [7, 11) is 0. The third-order valence-electron chi connectivity index (χ3n) is 4.95. The predicted molar refractivity (Wildman–Crippen MR) is 107 cm³/mol. The highest BCUT2D eigenvalue weighted by atomic mass is 35.5. The molecule has 1 N–H and O–H groups in total. The van der Waals surface area contributed by atoms with Crippen molar-refractivity contribution in [1.29, 1.82) is 0 Å². The Labute approximate surface area is 176 Å². The van der Waals surface area contributed by atoms with Gasteiger partial charge in [-0.2, -0.15) is 0 Å². The van der Waals surface area contributed by atoms with E-state index in [1.54, 1.807) is 21.9 Å². The SMILES string of the molecule is O=C(NC[C@H]1CN(C2C=CC(N3CCOCC3=O)=CC2)C(=O)O1)c1ccc(Cl)s1. The number of nitrogens with zero attached hydrogens (tertiary/aromatic N) is 2. The van der Waals surface area contributed by atoms with E-state index in [1.807, 2.05) is 18.2 Å². The monoisotopic (exact) mass is 437 g/mol. The zero-order valence-electron chi connectivity index (χ0n) is 15.5. The van der Waals surface area contributed by atoms with Crippen molar-refractivity contribution in [3.63, 3.8) is 0 Å². The first-order valence-electron chi connectivity index (χ1n) is 9.28. The van der Waals surface area contributed by atoms with Gasteiger partial charge in [-0.15, -0.1) is 11.3 Å². The van der Waals surface area contributed by atoms with Gasteiger partial charge in [-0.25, -0.2) is 4.79 Å².